The third kappa shape index (κ3) is 4.74. The maximum Gasteiger partial charge on any atom is 0.112 e. The molecule has 1 unspecified atom stereocenters. The average Bonchev–Trinajstić information content (AvgIpc) is 2.68. The van der Waals surface area contributed by atoms with Gasteiger partial charge in [-0.2, -0.15) is 0 Å². The van der Waals surface area contributed by atoms with Crippen molar-refractivity contribution in [1.29, 1.82) is 0 Å². The van der Waals surface area contributed by atoms with E-state index in [1.807, 2.05) is 54.6 Å². The van der Waals surface area contributed by atoms with Gasteiger partial charge in [-0.3, -0.25) is 0 Å². The molecule has 3 rings (SSSR count). The Bertz CT molecular complexity index is 792. The van der Waals surface area contributed by atoms with E-state index in [-0.39, 0.29) is 18.3 Å². The second kappa shape index (κ2) is 9.21. The van der Waals surface area contributed by atoms with Gasteiger partial charge in [0.15, 0.2) is 0 Å². The molecule has 0 radical (unpaired) electrons. The molecule has 0 bridgehead atoms. The maximum absolute atomic E-state index is 6.15. The molecule has 1 aliphatic heterocycles. The van der Waals surface area contributed by atoms with Crippen molar-refractivity contribution in [3.05, 3.63) is 77.9 Å². The van der Waals surface area contributed by atoms with Gasteiger partial charge in [0.25, 0.3) is 0 Å². The minimum absolute atomic E-state index is 0.0913. The number of para-hydroxylation sites is 1. The van der Waals surface area contributed by atoms with E-state index in [0.29, 0.717) is 18.9 Å². The first-order valence-electron chi connectivity index (χ1n) is 8.60. The first-order valence-corrected chi connectivity index (χ1v) is 8.60. The summed E-state index contributed by atoms with van der Waals surface area (Å²) in [5.41, 5.74) is 8.48. The van der Waals surface area contributed by atoms with Crippen LogP contribution in [0.15, 0.2) is 66.7 Å². The summed E-state index contributed by atoms with van der Waals surface area (Å²) in [4.78, 5) is 0. The first-order chi connectivity index (χ1) is 12.8. The monoisotopic (exact) mass is 349 g/mol. The van der Waals surface area contributed by atoms with Gasteiger partial charge in [-0.25, -0.2) is 0 Å². The van der Waals surface area contributed by atoms with Crippen molar-refractivity contribution in [2.75, 3.05) is 26.1 Å². The first kappa shape index (κ1) is 18.2. The summed E-state index contributed by atoms with van der Waals surface area (Å²) in [6.45, 7) is 0.750. The highest BCUT2D eigenvalue weighted by Gasteiger charge is 2.28. The SMILES string of the molecule is COC[C@H]1OC(c2ccccc2)C=C[C@@H]1OCC#Cc1ccccc1N. The van der Waals surface area contributed by atoms with Gasteiger partial charge in [-0.1, -0.05) is 66.5 Å². The lowest BCUT2D eigenvalue weighted by Crippen LogP contribution is -2.37. The molecule has 2 N–H and O–H groups in total. The van der Waals surface area contributed by atoms with Gasteiger partial charge in [0, 0.05) is 18.4 Å². The van der Waals surface area contributed by atoms with Crippen LogP contribution in [0.4, 0.5) is 5.69 Å². The number of nitrogens with two attached hydrogens (primary N) is 1. The summed E-state index contributed by atoms with van der Waals surface area (Å²) < 4.78 is 17.3. The molecule has 2 aromatic carbocycles. The molecule has 0 spiro atoms. The van der Waals surface area contributed by atoms with Crippen LogP contribution in [0, 0.1) is 11.8 Å². The molecular formula is C22H23NO3. The molecule has 4 heteroatoms. The average molecular weight is 349 g/mol. The van der Waals surface area contributed by atoms with Crippen LogP contribution in [0.5, 0.6) is 0 Å². The molecule has 3 atom stereocenters. The maximum atomic E-state index is 6.15. The van der Waals surface area contributed by atoms with E-state index in [1.165, 1.54) is 0 Å². The Balaban J connectivity index is 1.62. The number of ether oxygens (including phenoxy) is 3. The number of hydrogen-bond donors (Lipinski definition) is 1. The quantitative estimate of drug-likeness (QED) is 0.511. The van der Waals surface area contributed by atoms with Crippen LogP contribution in [0.1, 0.15) is 17.2 Å². The predicted molar refractivity (Wildman–Crippen MR) is 103 cm³/mol. The van der Waals surface area contributed by atoms with Crippen molar-refractivity contribution >= 4 is 5.69 Å². The lowest BCUT2D eigenvalue weighted by Gasteiger charge is -2.31. The number of methoxy groups -OCH3 is 1. The Kier molecular flexibility index (Phi) is 6.45. The van der Waals surface area contributed by atoms with Gasteiger partial charge >= 0.3 is 0 Å². The predicted octanol–water partition coefficient (Wildman–Crippen LogP) is 3.35. The normalized spacial score (nSPS) is 21.8. The fourth-order valence-corrected chi connectivity index (χ4v) is 2.82. The van der Waals surface area contributed by atoms with Crippen molar-refractivity contribution in [2.24, 2.45) is 0 Å². The fourth-order valence-electron chi connectivity index (χ4n) is 2.82. The molecular weight excluding hydrogens is 326 g/mol. The minimum Gasteiger partial charge on any atom is -0.398 e. The fraction of sp³-hybridized carbons (Fsp3) is 0.273. The number of hydrogen-bond acceptors (Lipinski definition) is 4. The topological polar surface area (TPSA) is 53.7 Å². The van der Waals surface area contributed by atoms with Gasteiger partial charge in [0.05, 0.1) is 6.61 Å². The van der Waals surface area contributed by atoms with Crippen LogP contribution >= 0.6 is 0 Å². The zero-order valence-electron chi connectivity index (χ0n) is 14.8. The highest BCUT2D eigenvalue weighted by atomic mass is 16.6. The molecule has 0 amide bonds. The molecule has 4 nitrogen and oxygen atoms in total. The minimum atomic E-state index is -0.197. The molecule has 0 fully saturated rings. The highest BCUT2D eigenvalue weighted by molar-refractivity contribution is 5.55. The Labute approximate surface area is 154 Å². The van der Waals surface area contributed by atoms with Crippen molar-refractivity contribution in [1.82, 2.24) is 0 Å². The number of rotatable bonds is 5. The molecule has 0 saturated heterocycles. The van der Waals surface area contributed by atoms with Gasteiger partial charge in [-0.05, 0) is 17.7 Å². The van der Waals surface area contributed by atoms with Gasteiger partial charge < -0.3 is 19.9 Å². The summed E-state index contributed by atoms with van der Waals surface area (Å²) in [5.74, 6) is 6.05. The van der Waals surface area contributed by atoms with E-state index in [9.17, 15) is 0 Å². The molecule has 134 valence electrons. The van der Waals surface area contributed by atoms with Crippen molar-refractivity contribution < 1.29 is 14.2 Å². The Morgan fingerprint density at radius 2 is 1.81 bits per heavy atom. The Morgan fingerprint density at radius 1 is 1.04 bits per heavy atom. The summed E-state index contributed by atoms with van der Waals surface area (Å²) in [6.07, 6.45) is 3.58. The number of anilines is 1. The molecule has 0 saturated carbocycles. The molecule has 0 aromatic heterocycles. The third-order valence-electron chi connectivity index (χ3n) is 4.15. The van der Waals surface area contributed by atoms with E-state index in [1.54, 1.807) is 7.11 Å². The molecule has 2 aromatic rings. The molecule has 26 heavy (non-hydrogen) atoms. The lowest BCUT2D eigenvalue weighted by molar-refractivity contribution is -0.103. The zero-order valence-corrected chi connectivity index (χ0v) is 14.8. The van der Waals surface area contributed by atoms with Crippen molar-refractivity contribution in [2.45, 2.75) is 18.3 Å². The smallest absolute Gasteiger partial charge is 0.112 e. The number of benzene rings is 2. The van der Waals surface area contributed by atoms with E-state index < -0.39 is 0 Å². The van der Waals surface area contributed by atoms with Crippen LogP contribution in [-0.4, -0.2) is 32.5 Å². The van der Waals surface area contributed by atoms with Crippen molar-refractivity contribution in [3.8, 4) is 11.8 Å². The second-order valence-electron chi connectivity index (χ2n) is 6.01. The van der Waals surface area contributed by atoms with Crippen LogP contribution in [0.2, 0.25) is 0 Å². The third-order valence-corrected chi connectivity index (χ3v) is 4.15. The molecule has 1 aliphatic rings. The highest BCUT2D eigenvalue weighted by Crippen LogP contribution is 2.27. The summed E-state index contributed by atoms with van der Waals surface area (Å²) in [5, 5.41) is 0. The molecule has 1 heterocycles. The van der Waals surface area contributed by atoms with E-state index >= 15 is 0 Å². The van der Waals surface area contributed by atoms with Crippen LogP contribution < -0.4 is 5.73 Å². The van der Waals surface area contributed by atoms with E-state index in [2.05, 4.69) is 24.0 Å². The zero-order chi connectivity index (χ0) is 18.2. The summed E-state index contributed by atoms with van der Waals surface area (Å²) in [7, 11) is 1.66. The largest absolute Gasteiger partial charge is 0.398 e. The van der Waals surface area contributed by atoms with Crippen LogP contribution in [0.25, 0.3) is 0 Å². The van der Waals surface area contributed by atoms with Crippen LogP contribution in [-0.2, 0) is 14.2 Å². The standard InChI is InChI=1S/C22H23NO3/c1-24-16-22-21(14-13-20(26-22)18-9-3-2-4-10-18)25-15-7-11-17-8-5-6-12-19(17)23/h2-6,8-10,12-14,20-22H,15-16,23H2,1H3/t20?,21-,22+/m0/s1. The Hall–Kier alpha value is -2.58. The Morgan fingerprint density at radius 3 is 2.58 bits per heavy atom. The van der Waals surface area contributed by atoms with Gasteiger partial charge in [0.2, 0.25) is 0 Å². The molecule has 0 aliphatic carbocycles. The second-order valence-corrected chi connectivity index (χ2v) is 6.01. The van der Waals surface area contributed by atoms with Gasteiger partial charge in [-0.15, -0.1) is 0 Å². The van der Waals surface area contributed by atoms with Crippen molar-refractivity contribution in [3.63, 3.8) is 0 Å². The summed E-state index contributed by atoms with van der Waals surface area (Å²) >= 11 is 0. The van der Waals surface area contributed by atoms with Crippen LogP contribution in [0.3, 0.4) is 0 Å². The summed E-state index contributed by atoms with van der Waals surface area (Å²) in [6, 6.07) is 17.6. The van der Waals surface area contributed by atoms with E-state index in [0.717, 1.165) is 11.1 Å². The van der Waals surface area contributed by atoms with Gasteiger partial charge in [0.1, 0.15) is 24.9 Å². The number of nitrogen functional groups attached to an aromatic ring is 1. The van der Waals surface area contributed by atoms with E-state index in [4.69, 9.17) is 19.9 Å². The lowest BCUT2D eigenvalue weighted by atomic mass is 10.0.